The Bertz CT molecular complexity index is 1010. The quantitative estimate of drug-likeness (QED) is 0.419. The molecule has 0 spiro atoms. The minimum absolute atomic E-state index is 0.0756. The standard InChI is InChI=1S/C15H10N4O8/c1-9-2-3-10(6-13(9)17(22)23)7-14(18(24)25)12-5-4-11(16(20)21)8-15(12)19(26)27/h2-8H,1H3/b14-7+. The lowest BCUT2D eigenvalue weighted by atomic mass is 10.0. The Morgan fingerprint density at radius 2 is 1.44 bits per heavy atom. The van der Waals surface area contributed by atoms with Crippen LogP contribution < -0.4 is 0 Å². The van der Waals surface area contributed by atoms with E-state index in [4.69, 9.17) is 0 Å². The minimum atomic E-state index is -0.975. The second-order valence-corrected chi connectivity index (χ2v) is 5.31. The molecule has 138 valence electrons. The SMILES string of the molecule is Cc1ccc(/C=C(\c2ccc([N+](=O)[O-])cc2[N+](=O)[O-])[N+](=O)[O-])cc1[N+](=O)[O-]. The van der Waals surface area contributed by atoms with Crippen LogP contribution in [0.3, 0.4) is 0 Å². The number of hydrogen-bond acceptors (Lipinski definition) is 8. The first kappa shape index (κ1) is 19.1. The van der Waals surface area contributed by atoms with Gasteiger partial charge >= 0.3 is 0 Å². The molecule has 0 bridgehead atoms. The number of non-ortho nitro benzene ring substituents is 1. The highest BCUT2D eigenvalue weighted by Crippen LogP contribution is 2.32. The van der Waals surface area contributed by atoms with Crippen molar-refractivity contribution >= 4 is 28.8 Å². The van der Waals surface area contributed by atoms with E-state index >= 15 is 0 Å². The molecule has 2 aromatic carbocycles. The predicted octanol–water partition coefficient (Wildman–Crippen LogP) is 3.49. The molecule has 0 saturated heterocycles. The van der Waals surface area contributed by atoms with Gasteiger partial charge in [-0.25, -0.2) is 0 Å². The van der Waals surface area contributed by atoms with E-state index in [1.54, 1.807) is 0 Å². The van der Waals surface area contributed by atoms with Gasteiger partial charge in [0.25, 0.3) is 22.8 Å². The maximum absolute atomic E-state index is 11.4. The topological polar surface area (TPSA) is 173 Å². The summed E-state index contributed by atoms with van der Waals surface area (Å²) in [6.07, 6.45) is 0.931. The Morgan fingerprint density at radius 3 is 1.96 bits per heavy atom. The van der Waals surface area contributed by atoms with Crippen molar-refractivity contribution < 1.29 is 19.7 Å². The molecule has 2 aromatic rings. The van der Waals surface area contributed by atoms with Crippen molar-refractivity contribution in [2.24, 2.45) is 0 Å². The van der Waals surface area contributed by atoms with Crippen LogP contribution in [0.2, 0.25) is 0 Å². The highest BCUT2D eigenvalue weighted by atomic mass is 16.6. The number of hydrogen-bond donors (Lipinski definition) is 0. The van der Waals surface area contributed by atoms with Crippen LogP contribution >= 0.6 is 0 Å². The van der Waals surface area contributed by atoms with Crippen LogP contribution in [0.4, 0.5) is 17.1 Å². The van der Waals surface area contributed by atoms with E-state index in [1.165, 1.54) is 19.1 Å². The normalized spacial score (nSPS) is 11.1. The zero-order valence-electron chi connectivity index (χ0n) is 13.6. The summed E-state index contributed by atoms with van der Waals surface area (Å²) in [7, 11) is 0. The summed E-state index contributed by atoms with van der Waals surface area (Å²) < 4.78 is 0. The lowest BCUT2D eigenvalue weighted by Crippen LogP contribution is -2.03. The van der Waals surface area contributed by atoms with Gasteiger partial charge in [0.2, 0.25) is 0 Å². The van der Waals surface area contributed by atoms with E-state index in [9.17, 15) is 40.5 Å². The first-order valence-electron chi connectivity index (χ1n) is 7.16. The average molecular weight is 374 g/mol. The third kappa shape index (κ3) is 4.07. The number of rotatable bonds is 6. The molecule has 0 aliphatic rings. The van der Waals surface area contributed by atoms with Crippen molar-refractivity contribution in [2.75, 3.05) is 0 Å². The van der Waals surface area contributed by atoms with Gasteiger partial charge in [-0.2, -0.15) is 0 Å². The summed E-state index contributed by atoms with van der Waals surface area (Å²) in [6.45, 7) is 1.49. The molecule has 0 N–H and O–H groups in total. The molecule has 0 saturated carbocycles. The Balaban J connectivity index is 2.69. The first-order valence-corrected chi connectivity index (χ1v) is 7.16. The Kier molecular flexibility index (Phi) is 5.20. The fourth-order valence-electron chi connectivity index (χ4n) is 2.30. The molecule has 0 aliphatic carbocycles. The van der Waals surface area contributed by atoms with Crippen LogP contribution in [0.1, 0.15) is 16.7 Å². The molecule has 0 fully saturated rings. The molecule has 27 heavy (non-hydrogen) atoms. The Labute approximate surface area is 150 Å². The molecule has 0 atom stereocenters. The van der Waals surface area contributed by atoms with E-state index in [1.807, 2.05) is 0 Å². The van der Waals surface area contributed by atoms with Crippen molar-refractivity contribution in [1.82, 2.24) is 0 Å². The van der Waals surface area contributed by atoms with E-state index < -0.39 is 42.3 Å². The van der Waals surface area contributed by atoms with Crippen LogP contribution in [-0.2, 0) is 0 Å². The van der Waals surface area contributed by atoms with E-state index in [0.717, 1.165) is 24.3 Å². The number of nitro groups is 4. The summed E-state index contributed by atoms with van der Waals surface area (Å²) in [4.78, 5) is 41.0. The second kappa shape index (κ2) is 7.35. The zero-order valence-corrected chi connectivity index (χ0v) is 13.6. The number of nitrogens with zero attached hydrogens (tertiary/aromatic N) is 4. The van der Waals surface area contributed by atoms with Gasteiger partial charge in [0.15, 0.2) is 0 Å². The Hall–Kier alpha value is -4.22. The maximum atomic E-state index is 11.4. The monoisotopic (exact) mass is 374 g/mol. The summed E-state index contributed by atoms with van der Waals surface area (Å²) in [5, 5.41) is 44.4. The van der Waals surface area contributed by atoms with Gasteiger partial charge in [-0.3, -0.25) is 40.5 Å². The van der Waals surface area contributed by atoms with E-state index in [0.29, 0.717) is 11.6 Å². The highest BCUT2D eigenvalue weighted by molar-refractivity contribution is 5.81. The third-order valence-electron chi connectivity index (χ3n) is 3.59. The van der Waals surface area contributed by atoms with Crippen molar-refractivity contribution in [3.63, 3.8) is 0 Å². The fourth-order valence-corrected chi connectivity index (χ4v) is 2.30. The minimum Gasteiger partial charge on any atom is -0.258 e. The van der Waals surface area contributed by atoms with Crippen LogP contribution in [-0.4, -0.2) is 19.7 Å². The predicted molar refractivity (Wildman–Crippen MR) is 92.4 cm³/mol. The molecule has 0 aromatic heterocycles. The van der Waals surface area contributed by atoms with Gasteiger partial charge in [-0.1, -0.05) is 12.1 Å². The van der Waals surface area contributed by atoms with Gasteiger partial charge in [0.05, 0.1) is 25.8 Å². The molecule has 0 unspecified atom stereocenters. The number of nitro benzene ring substituents is 3. The van der Waals surface area contributed by atoms with Crippen molar-refractivity contribution in [1.29, 1.82) is 0 Å². The highest BCUT2D eigenvalue weighted by Gasteiger charge is 2.28. The summed E-state index contributed by atoms with van der Waals surface area (Å²) in [5.74, 6) is 0. The van der Waals surface area contributed by atoms with Crippen molar-refractivity contribution in [2.45, 2.75) is 6.92 Å². The van der Waals surface area contributed by atoms with E-state index in [2.05, 4.69) is 0 Å². The smallest absolute Gasteiger partial charge is 0.258 e. The summed E-state index contributed by atoms with van der Waals surface area (Å²) in [5.41, 5.74) is -2.47. The summed E-state index contributed by atoms with van der Waals surface area (Å²) >= 11 is 0. The molecular weight excluding hydrogens is 364 g/mol. The number of aryl methyl sites for hydroxylation is 1. The molecule has 0 heterocycles. The van der Waals surface area contributed by atoms with Gasteiger partial charge < -0.3 is 0 Å². The van der Waals surface area contributed by atoms with Crippen LogP contribution in [0.5, 0.6) is 0 Å². The molecule has 2 rings (SSSR count). The second-order valence-electron chi connectivity index (χ2n) is 5.31. The largest absolute Gasteiger partial charge is 0.290 e. The third-order valence-corrected chi connectivity index (χ3v) is 3.59. The number of benzene rings is 2. The Morgan fingerprint density at radius 1 is 0.815 bits per heavy atom. The molecule has 12 heteroatoms. The molecule has 0 aliphatic heterocycles. The first-order chi connectivity index (χ1) is 12.6. The maximum Gasteiger partial charge on any atom is 0.290 e. The molecule has 0 radical (unpaired) electrons. The van der Waals surface area contributed by atoms with Gasteiger partial charge in [0, 0.05) is 23.8 Å². The molecule has 12 nitrogen and oxygen atoms in total. The van der Waals surface area contributed by atoms with Gasteiger partial charge in [0.1, 0.15) is 5.56 Å². The lowest BCUT2D eigenvalue weighted by molar-refractivity contribution is -0.397. The van der Waals surface area contributed by atoms with Gasteiger partial charge in [-0.15, -0.1) is 0 Å². The van der Waals surface area contributed by atoms with Crippen molar-refractivity contribution in [3.05, 3.63) is 93.5 Å². The fraction of sp³-hybridized carbons (Fsp3) is 0.0667. The van der Waals surface area contributed by atoms with E-state index in [-0.39, 0.29) is 11.3 Å². The zero-order chi connectivity index (χ0) is 20.3. The summed E-state index contributed by atoms with van der Waals surface area (Å²) in [6, 6.07) is 6.26. The van der Waals surface area contributed by atoms with Crippen molar-refractivity contribution in [3.8, 4) is 0 Å². The lowest BCUT2D eigenvalue weighted by Gasteiger charge is -2.03. The van der Waals surface area contributed by atoms with Crippen LogP contribution in [0.15, 0.2) is 36.4 Å². The van der Waals surface area contributed by atoms with Crippen LogP contribution in [0.25, 0.3) is 11.8 Å². The average Bonchev–Trinajstić information content (AvgIpc) is 2.59. The van der Waals surface area contributed by atoms with Gasteiger partial charge in [-0.05, 0) is 18.6 Å². The van der Waals surface area contributed by atoms with Crippen LogP contribution in [0, 0.1) is 47.4 Å². The molecule has 0 amide bonds. The molecular formula is C15H10N4O8.